The molecule has 4 amide bonds. The summed E-state index contributed by atoms with van der Waals surface area (Å²) >= 11 is 25.0. The van der Waals surface area contributed by atoms with Crippen LogP contribution in [0.1, 0.15) is 64.0 Å². The maximum atomic E-state index is 14.6. The summed E-state index contributed by atoms with van der Waals surface area (Å²) in [6.45, 7) is 8.56. The number of β-amino-alcohol motifs (C(OH)–C–C–N with tert-alkyl or cyclic N) is 1. The molecule has 4 aliphatic heterocycles. The summed E-state index contributed by atoms with van der Waals surface area (Å²) in [5.74, 6) is -0.734. The van der Waals surface area contributed by atoms with Crippen LogP contribution in [0.3, 0.4) is 0 Å². The number of anilines is 1. The van der Waals surface area contributed by atoms with E-state index < -0.39 is 12.1 Å². The molecule has 0 bridgehead atoms. The van der Waals surface area contributed by atoms with E-state index in [0.29, 0.717) is 74.2 Å². The van der Waals surface area contributed by atoms with E-state index in [2.05, 4.69) is 58.8 Å². The number of fused-ring (bicyclic) bond motifs is 1. The van der Waals surface area contributed by atoms with Crippen molar-refractivity contribution in [3.63, 3.8) is 0 Å². The molecule has 5 heterocycles. The second-order valence-corrected chi connectivity index (χ2v) is 22.6. The van der Waals surface area contributed by atoms with Crippen molar-refractivity contribution in [2.24, 2.45) is 0 Å². The first-order valence-electron chi connectivity index (χ1n) is 27.2. The third-order valence-electron chi connectivity index (χ3n) is 15.0. The van der Waals surface area contributed by atoms with Crippen molar-refractivity contribution in [2.45, 2.75) is 63.3 Å². The van der Waals surface area contributed by atoms with Crippen LogP contribution in [0.2, 0.25) is 20.1 Å². The number of likely N-dealkylation sites (tertiary alicyclic amines) is 2. The Bertz CT molecular complexity index is 3020. The highest BCUT2D eigenvalue weighted by Crippen LogP contribution is 2.29. The van der Waals surface area contributed by atoms with Crippen molar-refractivity contribution < 1.29 is 29.1 Å². The Morgan fingerprint density at radius 3 is 2.00 bits per heavy atom. The van der Waals surface area contributed by atoms with Gasteiger partial charge in [-0.15, -0.1) is 0 Å². The summed E-state index contributed by atoms with van der Waals surface area (Å²) < 4.78 is 0. The molecule has 4 aliphatic rings. The predicted octanol–water partition coefficient (Wildman–Crippen LogP) is 7.35. The Labute approximate surface area is 487 Å². The highest BCUT2D eigenvalue weighted by molar-refractivity contribution is 6.42. The zero-order chi connectivity index (χ0) is 56.1. The molecule has 3 fully saturated rings. The average molecular weight is 1170 g/mol. The number of aromatic nitrogens is 2. The molecule has 9 rings (SSSR count). The van der Waals surface area contributed by atoms with Gasteiger partial charge in [0, 0.05) is 115 Å². The van der Waals surface area contributed by atoms with Gasteiger partial charge in [0.15, 0.2) is 5.78 Å². The lowest BCUT2D eigenvalue weighted by Crippen LogP contribution is -2.55. The number of piperidine rings is 1. The zero-order valence-electron chi connectivity index (χ0n) is 44.5. The number of aliphatic hydroxyl groups excluding tert-OH is 1. The van der Waals surface area contributed by atoms with Gasteiger partial charge in [0.25, 0.3) is 5.91 Å². The van der Waals surface area contributed by atoms with Crippen molar-refractivity contribution in [3.05, 3.63) is 168 Å². The number of hydrogen-bond donors (Lipinski definition) is 4. The van der Waals surface area contributed by atoms with Crippen LogP contribution in [0, 0.1) is 0 Å². The van der Waals surface area contributed by atoms with Gasteiger partial charge < -0.3 is 30.9 Å². The van der Waals surface area contributed by atoms with E-state index in [-0.39, 0.29) is 80.0 Å². The minimum Gasteiger partial charge on any atom is -0.390 e. The summed E-state index contributed by atoms with van der Waals surface area (Å²) in [6, 6.07) is 28.7. The summed E-state index contributed by atoms with van der Waals surface area (Å²) in [5.41, 5.74) is 5.67. The number of benzene rings is 4. The standard InChI is InChI=1S/C60H66Cl4N10O6/c61-49-16-14-41(28-51(49)63)26-45-34-74(35-46(58(45)78)27-42-15-17-50(62)52(64)29-42)60(80)54(30-40-8-2-1-3-9-40)69-56(76)12-6-13-57(77)73-24-22-70(23-25-73)19-7-20-71-36-47(37-71)68-55-31-53(66-39-67-55)59(79)65-32-48(75)38-72-21-18-43-10-4-5-11-44(43)33-72/h1-5,8-11,14-17,26-29,31,39,47-48,54,75H,6-7,12-13,18-25,30,32-38H2,(H,65,79)(H,69,76)(H,66,67,68)/b45-26+,46-27+/t48-,54-/m1/s1. The Hall–Kier alpha value is -6.21. The lowest BCUT2D eigenvalue weighted by atomic mass is 9.93. The van der Waals surface area contributed by atoms with Crippen LogP contribution >= 0.6 is 46.4 Å². The van der Waals surface area contributed by atoms with Gasteiger partial charge in [-0.2, -0.15) is 0 Å². The lowest BCUT2D eigenvalue weighted by molar-refractivity contribution is -0.137. The molecule has 0 radical (unpaired) electrons. The van der Waals surface area contributed by atoms with Crippen molar-refractivity contribution in [1.82, 2.24) is 45.1 Å². The Morgan fingerprint density at radius 2 is 1.32 bits per heavy atom. The highest BCUT2D eigenvalue weighted by Gasteiger charge is 2.34. The second-order valence-electron chi connectivity index (χ2n) is 21.0. The summed E-state index contributed by atoms with van der Waals surface area (Å²) in [4.78, 5) is 87.6. The Morgan fingerprint density at radius 1 is 0.675 bits per heavy atom. The molecular formula is C60H66Cl4N10O6. The van der Waals surface area contributed by atoms with Crippen molar-refractivity contribution in [3.8, 4) is 0 Å². The number of amides is 4. The first-order chi connectivity index (χ1) is 38.7. The minimum absolute atomic E-state index is 0.000414. The molecule has 2 atom stereocenters. The molecule has 0 unspecified atom stereocenters. The number of nitrogens with one attached hydrogen (secondary N) is 3. The number of piperazine rings is 1. The van der Waals surface area contributed by atoms with Gasteiger partial charge in [0.1, 0.15) is 23.9 Å². The number of halogens is 4. The van der Waals surface area contributed by atoms with Crippen LogP contribution in [-0.2, 0) is 38.6 Å². The summed E-state index contributed by atoms with van der Waals surface area (Å²) in [7, 11) is 0. The summed E-state index contributed by atoms with van der Waals surface area (Å²) in [5, 5.41) is 21.3. The summed E-state index contributed by atoms with van der Waals surface area (Å²) in [6.07, 6.45) is 6.78. The van der Waals surface area contributed by atoms with Gasteiger partial charge in [0.05, 0.1) is 32.2 Å². The van der Waals surface area contributed by atoms with Crippen LogP contribution in [0.4, 0.5) is 5.82 Å². The minimum atomic E-state index is -0.958. The number of carbonyl (C=O) groups excluding carboxylic acids is 5. The zero-order valence-corrected chi connectivity index (χ0v) is 47.5. The van der Waals surface area contributed by atoms with E-state index in [1.165, 1.54) is 17.5 Å². The maximum absolute atomic E-state index is 14.6. The van der Waals surface area contributed by atoms with Crippen molar-refractivity contribution in [2.75, 3.05) is 90.4 Å². The van der Waals surface area contributed by atoms with Gasteiger partial charge in [0.2, 0.25) is 17.7 Å². The van der Waals surface area contributed by atoms with E-state index in [0.717, 1.165) is 70.8 Å². The van der Waals surface area contributed by atoms with Crippen LogP contribution < -0.4 is 16.0 Å². The van der Waals surface area contributed by atoms with Gasteiger partial charge in [-0.05, 0) is 96.6 Å². The fraction of sp³-hybridized carbons (Fsp3) is 0.383. The van der Waals surface area contributed by atoms with Crippen molar-refractivity contribution in [1.29, 1.82) is 0 Å². The molecule has 0 spiro atoms. The maximum Gasteiger partial charge on any atom is 0.270 e. The number of Topliss-reactive ketones (excluding diaryl/α,β-unsaturated/α-hetero) is 1. The predicted molar refractivity (Wildman–Crippen MR) is 314 cm³/mol. The topological polar surface area (TPSA) is 184 Å². The lowest BCUT2D eigenvalue weighted by Gasteiger charge is -2.40. The average Bonchev–Trinajstić information content (AvgIpc) is 3.46. The molecule has 0 aliphatic carbocycles. The molecule has 5 aromatic rings. The fourth-order valence-corrected chi connectivity index (χ4v) is 11.2. The van der Waals surface area contributed by atoms with Crippen LogP contribution in [0.5, 0.6) is 0 Å². The Kier molecular flexibility index (Phi) is 20.4. The number of hydrogen-bond acceptors (Lipinski definition) is 12. The molecule has 1 aromatic heterocycles. The number of nitrogens with zero attached hydrogens (tertiary/aromatic N) is 7. The Balaban J connectivity index is 0.687. The van der Waals surface area contributed by atoms with Crippen LogP contribution in [-0.4, -0.2) is 172 Å². The molecule has 4 N–H and O–H groups in total. The van der Waals surface area contributed by atoms with E-state index in [1.54, 1.807) is 59.5 Å². The van der Waals surface area contributed by atoms with E-state index in [1.807, 2.05) is 41.3 Å². The third-order valence-corrected chi connectivity index (χ3v) is 16.4. The molecular weight excluding hydrogens is 1100 g/mol. The first-order valence-corrected chi connectivity index (χ1v) is 28.8. The first kappa shape index (κ1) is 58.4. The SMILES string of the molecule is O=C(CCCC(=O)N1CCN(CCCN2CC(Nc3cc(C(=O)NC[C@@H](O)CN4CCc5ccccc5C4)ncn3)C2)CC1)N[C@H](Cc1ccccc1)C(=O)N1C/C(=C\c2ccc(Cl)c(Cl)c2)C(=O)/C(=C/c2ccc(Cl)c(Cl)c2)C1. The quantitative estimate of drug-likeness (QED) is 0.0537. The van der Waals surface area contributed by atoms with E-state index >= 15 is 0 Å². The third kappa shape index (κ3) is 16.3. The number of carbonyl (C=O) groups is 5. The highest BCUT2D eigenvalue weighted by atomic mass is 35.5. The largest absolute Gasteiger partial charge is 0.390 e. The number of rotatable bonds is 21. The molecule has 16 nitrogen and oxygen atoms in total. The second kappa shape index (κ2) is 28.0. The molecule has 420 valence electrons. The smallest absolute Gasteiger partial charge is 0.270 e. The normalized spacial score (nSPS) is 18.1. The molecule has 3 saturated heterocycles. The molecule has 4 aromatic carbocycles. The van der Waals surface area contributed by atoms with Crippen LogP contribution in [0.15, 0.2) is 115 Å². The fourth-order valence-electron chi connectivity index (χ4n) is 10.6. The number of ketones is 1. The van der Waals surface area contributed by atoms with E-state index in [9.17, 15) is 29.1 Å². The van der Waals surface area contributed by atoms with Crippen molar-refractivity contribution >= 4 is 93.8 Å². The number of aliphatic hydroxyl groups is 1. The molecule has 80 heavy (non-hydrogen) atoms. The van der Waals surface area contributed by atoms with Crippen LogP contribution in [0.25, 0.3) is 12.2 Å². The van der Waals surface area contributed by atoms with Gasteiger partial charge in [-0.1, -0.05) is 113 Å². The van der Waals surface area contributed by atoms with Gasteiger partial charge >= 0.3 is 0 Å². The monoisotopic (exact) mass is 1160 g/mol. The van der Waals surface area contributed by atoms with Gasteiger partial charge in [-0.3, -0.25) is 38.7 Å². The molecule has 20 heteroatoms. The molecule has 0 saturated carbocycles. The van der Waals surface area contributed by atoms with E-state index in [4.69, 9.17) is 46.4 Å². The van der Waals surface area contributed by atoms with Gasteiger partial charge in [-0.25, -0.2) is 9.97 Å².